The molecule has 1 aromatic carbocycles. The molecule has 4 aliphatic rings. The van der Waals surface area contributed by atoms with E-state index in [-0.39, 0.29) is 29.3 Å². The first-order valence-corrected chi connectivity index (χ1v) is 12.1. The smallest absolute Gasteiger partial charge is 0.311 e. The van der Waals surface area contributed by atoms with Crippen LogP contribution >= 0.6 is 11.6 Å². The molecular formula is C25H33ClN2O3. The highest BCUT2D eigenvalue weighted by atomic mass is 35.5. The van der Waals surface area contributed by atoms with Crippen LogP contribution in [-0.2, 0) is 9.53 Å². The molecule has 0 spiro atoms. The Morgan fingerprint density at radius 2 is 2.03 bits per heavy atom. The van der Waals surface area contributed by atoms with Gasteiger partial charge in [-0.3, -0.25) is 9.69 Å². The maximum atomic E-state index is 12.9. The van der Waals surface area contributed by atoms with E-state index in [1.165, 1.54) is 5.57 Å². The van der Waals surface area contributed by atoms with Crippen molar-refractivity contribution in [1.82, 2.24) is 4.90 Å². The highest BCUT2D eigenvalue weighted by Gasteiger charge is 2.59. The minimum absolute atomic E-state index is 0.110. The summed E-state index contributed by atoms with van der Waals surface area (Å²) < 4.78 is 5.83. The van der Waals surface area contributed by atoms with Crippen LogP contribution in [0.2, 0.25) is 5.02 Å². The highest BCUT2D eigenvalue weighted by molar-refractivity contribution is 6.30. The Hall–Kier alpha value is -1.56. The summed E-state index contributed by atoms with van der Waals surface area (Å²) in [6.45, 7) is 8.71. The quantitative estimate of drug-likeness (QED) is 0.568. The van der Waals surface area contributed by atoms with Crippen molar-refractivity contribution in [3.05, 3.63) is 40.9 Å². The molecule has 1 saturated carbocycles. The third-order valence-electron chi connectivity index (χ3n) is 8.57. The van der Waals surface area contributed by atoms with Crippen LogP contribution in [0, 0.1) is 23.2 Å². The van der Waals surface area contributed by atoms with Gasteiger partial charge in [0.25, 0.3) is 0 Å². The number of hydrogen-bond acceptors (Lipinski definition) is 5. The number of fused-ring (bicyclic) bond motifs is 2. The van der Waals surface area contributed by atoms with Crippen molar-refractivity contribution in [2.24, 2.45) is 23.2 Å². The number of aliphatic hydroxyl groups excluding tert-OH is 1. The Kier molecular flexibility index (Phi) is 5.56. The lowest BCUT2D eigenvalue weighted by molar-refractivity contribution is -0.145. The van der Waals surface area contributed by atoms with E-state index < -0.39 is 6.10 Å². The van der Waals surface area contributed by atoms with E-state index >= 15 is 0 Å². The van der Waals surface area contributed by atoms with Crippen molar-refractivity contribution >= 4 is 23.3 Å². The number of halogens is 1. The number of rotatable bonds is 3. The molecule has 0 bridgehead atoms. The molecule has 6 heteroatoms. The molecule has 0 radical (unpaired) electrons. The molecule has 1 aromatic rings. The monoisotopic (exact) mass is 444 g/mol. The van der Waals surface area contributed by atoms with E-state index in [0.29, 0.717) is 12.5 Å². The number of carbonyl (C=O) groups excluding carboxylic acids is 1. The van der Waals surface area contributed by atoms with Crippen LogP contribution in [-0.4, -0.2) is 60.9 Å². The molecule has 2 aliphatic heterocycles. The molecule has 5 nitrogen and oxygen atoms in total. The van der Waals surface area contributed by atoms with Crippen LogP contribution in [0.25, 0.3) is 0 Å². The Labute approximate surface area is 190 Å². The molecule has 2 saturated heterocycles. The standard InChI is InChI=1S/C25H33ClN2O3/c1-16-5-3-6-17-13-21-22(23(29)25(16,17)2)20(24(30)31-21)15-27-9-11-28(12-10-27)19-8-4-7-18(26)14-19/h4,6-8,14,16,20-23,29H,3,5,9-13,15H2,1-2H3/t16-,20+,21-,22+,23+,25-/m1/s1. The van der Waals surface area contributed by atoms with E-state index in [1.54, 1.807) is 0 Å². The van der Waals surface area contributed by atoms with E-state index in [9.17, 15) is 9.90 Å². The van der Waals surface area contributed by atoms with Gasteiger partial charge in [0.05, 0.1) is 12.0 Å². The Morgan fingerprint density at radius 1 is 1.26 bits per heavy atom. The Balaban J connectivity index is 1.28. The summed E-state index contributed by atoms with van der Waals surface area (Å²) in [6.07, 6.45) is 4.52. The molecule has 31 heavy (non-hydrogen) atoms. The van der Waals surface area contributed by atoms with Gasteiger partial charge in [-0.15, -0.1) is 0 Å². The second-order valence-electron chi connectivity index (χ2n) is 10.1. The van der Waals surface area contributed by atoms with E-state index in [1.807, 2.05) is 18.2 Å². The topological polar surface area (TPSA) is 53.0 Å². The Morgan fingerprint density at radius 3 is 2.77 bits per heavy atom. The predicted molar refractivity (Wildman–Crippen MR) is 122 cm³/mol. The summed E-state index contributed by atoms with van der Waals surface area (Å²) in [5.74, 6) is -0.0609. The fourth-order valence-corrected chi connectivity index (χ4v) is 6.60. The SMILES string of the molecule is C[C@@H]1CCC=C2C[C@H]3OC(=O)[C@@H](CN4CCN(c5cccc(Cl)c5)CC4)[C@@H]3[C@H](O)[C@@]21C. The van der Waals surface area contributed by atoms with Gasteiger partial charge >= 0.3 is 5.97 Å². The van der Waals surface area contributed by atoms with Crippen molar-refractivity contribution in [3.8, 4) is 0 Å². The number of piperazine rings is 1. The zero-order valence-electron chi connectivity index (χ0n) is 18.5. The van der Waals surface area contributed by atoms with Gasteiger partial charge in [0.15, 0.2) is 0 Å². The zero-order valence-corrected chi connectivity index (χ0v) is 19.2. The van der Waals surface area contributed by atoms with Crippen LogP contribution in [0.15, 0.2) is 35.9 Å². The second kappa shape index (κ2) is 8.09. The van der Waals surface area contributed by atoms with Gasteiger partial charge in [-0.2, -0.15) is 0 Å². The molecule has 168 valence electrons. The van der Waals surface area contributed by atoms with Crippen molar-refractivity contribution in [2.45, 2.75) is 45.3 Å². The van der Waals surface area contributed by atoms with Crippen LogP contribution in [0.5, 0.6) is 0 Å². The van der Waals surface area contributed by atoms with Crippen LogP contribution in [0.4, 0.5) is 5.69 Å². The average Bonchev–Trinajstić information content (AvgIpc) is 3.06. The van der Waals surface area contributed by atoms with Gasteiger partial charge in [0.1, 0.15) is 6.10 Å². The van der Waals surface area contributed by atoms with E-state index in [4.69, 9.17) is 16.3 Å². The predicted octanol–water partition coefficient (Wildman–Crippen LogP) is 3.75. The number of nitrogens with zero attached hydrogens (tertiary/aromatic N) is 2. The third-order valence-corrected chi connectivity index (χ3v) is 8.81. The molecule has 3 fully saturated rings. The van der Waals surface area contributed by atoms with Gasteiger partial charge < -0.3 is 14.7 Å². The van der Waals surface area contributed by atoms with Gasteiger partial charge in [-0.25, -0.2) is 0 Å². The largest absolute Gasteiger partial charge is 0.461 e. The first-order chi connectivity index (χ1) is 14.9. The molecule has 0 aromatic heterocycles. The number of hydrogen-bond donors (Lipinski definition) is 1. The lowest BCUT2D eigenvalue weighted by Gasteiger charge is -2.52. The maximum Gasteiger partial charge on any atom is 0.311 e. The zero-order chi connectivity index (χ0) is 21.8. The van der Waals surface area contributed by atoms with Crippen LogP contribution in [0.1, 0.15) is 33.1 Å². The average molecular weight is 445 g/mol. The molecule has 0 amide bonds. The third kappa shape index (κ3) is 3.59. The molecule has 1 N–H and O–H groups in total. The molecule has 5 rings (SSSR count). The summed E-state index contributed by atoms with van der Waals surface area (Å²) >= 11 is 6.15. The molecular weight excluding hydrogens is 412 g/mol. The normalized spacial score (nSPS) is 38.3. The first-order valence-electron chi connectivity index (χ1n) is 11.7. The van der Waals surface area contributed by atoms with Crippen LogP contribution < -0.4 is 4.90 Å². The van der Waals surface area contributed by atoms with Crippen LogP contribution in [0.3, 0.4) is 0 Å². The number of esters is 1. The van der Waals surface area contributed by atoms with Gasteiger partial charge in [0, 0.05) is 61.2 Å². The minimum Gasteiger partial charge on any atom is -0.461 e. The summed E-state index contributed by atoms with van der Waals surface area (Å²) in [5, 5.41) is 12.3. The lowest BCUT2D eigenvalue weighted by Crippen LogP contribution is -2.55. The summed E-state index contributed by atoms with van der Waals surface area (Å²) in [4.78, 5) is 17.6. The van der Waals surface area contributed by atoms with Crippen molar-refractivity contribution in [2.75, 3.05) is 37.6 Å². The van der Waals surface area contributed by atoms with Crippen molar-refractivity contribution < 1.29 is 14.6 Å². The number of aliphatic hydroxyl groups is 1. The second-order valence-corrected chi connectivity index (χ2v) is 10.5. The van der Waals surface area contributed by atoms with Gasteiger partial charge in [-0.05, 0) is 37.0 Å². The van der Waals surface area contributed by atoms with E-state index in [2.05, 4.69) is 35.8 Å². The molecule has 0 unspecified atom stereocenters. The number of anilines is 1. The minimum atomic E-state index is -0.531. The fourth-order valence-electron chi connectivity index (χ4n) is 6.41. The number of benzene rings is 1. The number of allylic oxidation sites excluding steroid dienone is 1. The Bertz CT molecular complexity index is 881. The highest BCUT2D eigenvalue weighted by Crippen LogP contribution is 2.56. The molecule has 2 aliphatic carbocycles. The van der Waals surface area contributed by atoms with Crippen molar-refractivity contribution in [1.29, 1.82) is 0 Å². The van der Waals surface area contributed by atoms with E-state index in [0.717, 1.165) is 56.2 Å². The fraction of sp³-hybridized carbons (Fsp3) is 0.640. The summed E-state index contributed by atoms with van der Waals surface area (Å²) in [5.41, 5.74) is 2.20. The van der Waals surface area contributed by atoms with Gasteiger partial charge in [0.2, 0.25) is 0 Å². The number of carbonyl (C=O) groups is 1. The van der Waals surface area contributed by atoms with Gasteiger partial charge in [-0.1, -0.05) is 43.2 Å². The van der Waals surface area contributed by atoms with Crippen molar-refractivity contribution in [3.63, 3.8) is 0 Å². The molecule has 2 heterocycles. The maximum absolute atomic E-state index is 12.9. The first kappa shape index (κ1) is 21.3. The summed E-state index contributed by atoms with van der Waals surface area (Å²) in [6, 6.07) is 7.98. The lowest BCUT2D eigenvalue weighted by atomic mass is 9.55. The number of ether oxygens (including phenoxy) is 1. The summed E-state index contributed by atoms with van der Waals surface area (Å²) in [7, 11) is 0. The molecule has 6 atom stereocenters.